The van der Waals surface area contributed by atoms with E-state index in [2.05, 4.69) is 32.9 Å². The largest absolute Gasteiger partial charge is 0.481 e. The Balaban J connectivity index is 4.80. The van der Waals surface area contributed by atoms with Crippen molar-refractivity contribution in [2.24, 2.45) is 11.8 Å². The third-order valence-electron chi connectivity index (χ3n) is 8.58. The Hall–Kier alpha value is -0.790. The van der Waals surface area contributed by atoms with Crippen LogP contribution in [-0.2, 0) is 4.79 Å². The predicted molar refractivity (Wildman–Crippen MR) is 170 cm³/mol. The molecular weight excluding hydrogens is 464 g/mol. The maximum atomic E-state index is 10.8. The van der Waals surface area contributed by atoms with Crippen molar-refractivity contribution < 1.29 is 9.90 Å². The summed E-state index contributed by atoms with van der Waals surface area (Å²) in [6, 6.07) is 0. The van der Waals surface area contributed by atoms with E-state index in [0.717, 1.165) is 24.7 Å². The van der Waals surface area contributed by atoms with E-state index >= 15 is 0 Å². The van der Waals surface area contributed by atoms with Gasteiger partial charge in [-0.05, 0) is 43.9 Å². The molecule has 0 rings (SSSR count). The van der Waals surface area contributed by atoms with Crippen molar-refractivity contribution in [2.75, 3.05) is 0 Å². The molecule has 1 N–H and O–H groups in total. The molecule has 0 heterocycles. The van der Waals surface area contributed by atoms with Crippen LogP contribution >= 0.6 is 0 Å². The van der Waals surface area contributed by atoms with Crippen molar-refractivity contribution in [3.8, 4) is 0 Å². The fourth-order valence-electron chi connectivity index (χ4n) is 6.05. The van der Waals surface area contributed by atoms with E-state index in [0.29, 0.717) is 6.42 Å². The number of carboxylic acids is 1. The molecule has 0 amide bonds. The lowest BCUT2D eigenvalue weighted by molar-refractivity contribution is -0.137. The Morgan fingerprint density at radius 1 is 0.474 bits per heavy atom. The lowest BCUT2D eigenvalue weighted by atomic mass is 9.78. The van der Waals surface area contributed by atoms with Crippen molar-refractivity contribution in [1.29, 1.82) is 0 Å². The number of aliphatic carboxylic acids is 1. The Kier molecular flexibility index (Phi) is 30.1. The second-order valence-corrected chi connectivity index (χ2v) is 12.2. The smallest absolute Gasteiger partial charge is 0.303 e. The third-order valence-corrected chi connectivity index (χ3v) is 8.58. The fourth-order valence-corrected chi connectivity index (χ4v) is 6.05. The Labute approximate surface area is 240 Å². The van der Waals surface area contributed by atoms with Crippen LogP contribution in [0.15, 0.2) is 12.2 Å². The summed E-state index contributed by atoms with van der Waals surface area (Å²) in [4.78, 5) is 10.8. The van der Waals surface area contributed by atoms with E-state index in [1.165, 1.54) is 161 Å². The second-order valence-electron chi connectivity index (χ2n) is 12.2. The van der Waals surface area contributed by atoms with Gasteiger partial charge < -0.3 is 5.11 Å². The molecule has 0 spiro atoms. The zero-order valence-corrected chi connectivity index (χ0v) is 26.5. The van der Waals surface area contributed by atoms with Gasteiger partial charge in [-0.3, -0.25) is 4.79 Å². The van der Waals surface area contributed by atoms with Gasteiger partial charge in [-0.1, -0.05) is 174 Å². The summed E-state index contributed by atoms with van der Waals surface area (Å²) in [6.45, 7) is 6.91. The summed E-state index contributed by atoms with van der Waals surface area (Å²) in [6.07, 6.45) is 41.6. The van der Waals surface area contributed by atoms with E-state index < -0.39 is 5.97 Å². The molecule has 0 saturated heterocycles. The van der Waals surface area contributed by atoms with Gasteiger partial charge in [0, 0.05) is 6.42 Å². The molecule has 0 aliphatic carbocycles. The molecule has 0 aromatic rings. The van der Waals surface area contributed by atoms with Gasteiger partial charge in [-0.25, -0.2) is 0 Å². The molecule has 0 radical (unpaired) electrons. The molecule has 0 aliphatic heterocycles. The molecule has 0 aromatic heterocycles. The van der Waals surface area contributed by atoms with Crippen LogP contribution in [0.25, 0.3) is 0 Å². The molecular formula is C36H70O2. The maximum Gasteiger partial charge on any atom is 0.303 e. The van der Waals surface area contributed by atoms with Gasteiger partial charge in [-0.2, -0.15) is 0 Å². The quantitative estimate of drug-likeness (QED) is 0.0709. The van der Waals surface area contributed by atoms with E-state index in [1.54, 1.807) is 0 Å². The summed E-state index contributed by atoms with van der Waals surface area (Å²) in [7, 11) is 0. The molecule has 0 bridgehead atoms. The first kappa shape index (κ1) is 37.2. The lowest BCUT2D eigenvalue weighted by Gasteiger charge is -2.28. The number of carboxylic acid groups (broad SMARTS) is 1. The minimum absolute atomic E-state index is 0.339. The molecule has 0 saturated carbocycles. The monoisotopic (exact) mass is 535 g/mol. The van der Waals surface area contributed by atoms with Gasteiger partial charge in [0.05, 0.1) is 0 Å². The van der Waals surface area contributed by atoms with Crippen molar-refractivity contribution in [3.05, 3.63) is 12.2 Å². The Morgan fingerprint density at radius 3 is 1.32 bits per heavy atom. The van der Waals surface area contributed by atoms with Crippen molar-refractivity contribution in [3.63, 3.8) is 0 Å². The molecule has 226 valence electrons. The number of unbranched alkanes of at least 4 members (excludes halogenated alkanes) is 18. The van der Waals surface area contributed by atoms with Gasteiger partial charge in [0.15, 0.2) is 0 Å². The van der Waals surface area contributed by atoms with Crippen LogP contribution in [0.4, 0.5) is 0 Å². The molecule has 0 aliphatic rings. The highest BCUT2D eigenvalue weighted by Crippen LogP contribution is 2.33. The Morgan fingerprint density at radius 2 is 0.842 bits per heavy atom. The highest BCUT2D eigenvalue weighted by Gasteiger charge is 2.20. The van der Waals surface area contributed by atoms with Crippen LogP contribution in [-0.4, -0.2) is 11.1 Å². The van der Waals surface area contributed by atoms with Crippen LogP contribution in [0.3, 0.4) is 0 Å². The lowest BCUT2D eigenvalue weighted by Crippen LogP contribution is -2.16. The summed E-state index contributed by atoms with van der Waals surface area (Å²) < 4.78 is 0. The third kappa shape index (κ3) is 26.8. The molecule has 2 unspecified atom stereocenters. The minimum Gasteiger partial charge on any atom is -0.481 e. The molecule has 38 heavy (non-hydrogen) atoms. The Bertz CT molecular complexity index is 498. The van der Waals surface area contributed by atoms with Crippen molar-refractivity contribution >= 4 is 5.97 Å². The van der Waals surface area contributed by atoms with E-state index in [-0.39, 0.29) is 0 Å². The molecule has 2 atom stereocenters. The first-order valence-corrected chi connectivity index (χ1v) is 17.5. The van der Waals surface area contributed by atoms with Crippen LogP contribution in [0.5, 0.6) is 0 Å². The number of hydrogen-bond acceptors (Lipinski definition) is 1. The van der Waals surface area contributed by atoms with Gasteiger partial charge in [-0.15, -0.1) is 0 Å². The predicted octanol–water partition coefficient (Wildman–Crippen LogP) is 12.8. The standard InChI is InChI=1S/C36H70O2/c1-4-7-10-13-16-20-25-30-34(29-24-19-15-12-9-6-3)35(31-26-21-17-14-11-8-5-2)32-27-22-18-23-28-33-36(37)38/h17,21,34-35H,4-16,18-20,22-33H2,1-3H3,(H,37,38)/b21-17-. The average molecular weight is 535 g/mol. The summed E-state index contributed by atoms with van der Waals surface area (Å²) in [5.41, 5.74) is 0. The maximum absolute atomic E-state index is 10.8. The van der Waals surface area contributed by atoms with Gasteiger partial charge in [0.25, 0.3) is 0 Å². The first-order chi connectivity index (χ1) is 18.7. The van der Waals surface area contributed by atoms with Gasteiger partial charge in [0.2, 0.25) is 0 Å². The van der Waals surface area contributed by atoms with Crippen LogP contribution in [0, 0.1) is 11.8 Å². The summed E-state index contributed by atoms with van der Waals surface area (Å²) in [5.74, 6) is 1.15. The number of carbonyl (C=O) groups is 1. The van der Waals surface area contributed by atoms with Crippen molar-refractivity contribution in [1.82, 2.24) is 0 Å². The van der Waals surface area contributed by atoms with Gasteiger partial charge >= 0.3 is 5.97 Å². The number of rotatable bonds is 31. The highest BCUT2D eigenvalue weighted by atomic mass is 16.4. The van der Waals surface area contributed by atoms with E-state index in [1.807, 2.05) is 0 Å². The van der Waals surface area contributed by atoms with Crippen molar-refractivity contribution in [2.45, 2.75) is 201 Å². The zero-order valence-electron chi connectivity index (χ0n) is 26.5. The normalized spacial score (nSPS) is 13.3. The minimum atomic E-state index is -0.643. The number of hydrogen-bond donors (Lipinski definition) is 1. The molecule has 0 fully saturated rings. The molecule has 2 nitrogen and oxygen atoms in total. The molecule has 0 aromatic carbocycles. The second kappa shape index (κ2) is 30.7. The van der Waals surface area contributed by atoms with Crippen LogP contribution in [0.2, 0.25) is 0 Å². The summed E-state index contributed by atoms with van der Waals surface area (Å²) in [5, 5.41) is 8.88. The summed E-state index contributed by atoms with van der Waals surface area (Å²) >= 11 is 0. The average Bonchev–Trinajstić information content (AvgIpc) is 2.91. The van der Waals surface area contributed by atoms with E-state index in [9.17, 15) is 4.79 Å². The fraction of sp³-hybridized carbons (Fsp3) is 0.917. The van der Waals surface area contributed by atoms with Crippen LogP contribution < -0.4 is 0 Å². The van der Waals surface area contributed by atoms with Gasteiger partial charge in [0.1, 0.15) is 0 Å². The first-order valence-electron chi connectivity index (χ1n) is 17.5. The van der Waals surface area contributed by atoms with Crippen LogP contribution in [0.1, 0.15) is 201 Å². The number of allylic oxidation sites excluding steroid dienone is 2. The topological polar surface area (TPSA) is 37.3 Å². The highest BCUT2D eigenvalue weighted by molar-refractivity contribution is 5.66. The molecule has 2 heteroatoms. The van der Waals surface area contributed by atoms with E-state index in [4.69, 9.17) is 5.11 Å². The SMILES string of the molecule is CCCCC/C=C\CCC(CCCCCCCC(=O)O)C(CCCCCCCC)CCCCCCCCC. The zero-order chi connectivity index (χ0) is 27.9.